The highest BCUT2D eigenvalue weighted by Gasteiger charge is 2.18. The molecule has 8 heteroatoms. The smallest absolute Gasteiger partial charge is 0.335 e. The van der Waals surface area contributed by atoms with Crippen molar-refractivity contribution in [3.8, 4) is 11.5 Å². The van der Waals surface area contributed by atoms with Gasteiger partial charge in [-0.1, -0.05) is 6.07 Å². The van der Waals surface area contributed by atoms with E-state index in [-0.39, 0.29) is 16.1 Å². The topological polar surface area (TPSA) is 102 Å². The summed E-state index contributed by atoms with van der Waals surface area (Å²) in [5, 5.41) is 8.99. The zero-order valence-corrected chi connectivity index (χ0v) is 14.7. The standard InChI is InChI=1S/C17H19NO6S/c1-3-23-15-9-8-14(11-16(15)24-4-2)25(21,22)18-13-7-5-6-12(10-13)17(19)20/h5-11,18H,3-4H2,1-2H3,(H,19,20). The van der Waals surface area contributed by atoms with Gasteiger partial charge in [-0.3, -0.25) is 4.72 Å². The summed E-state index contributed by atoms with van der Waals surface area (Å²) in [4.78, 5) is 11.0. The van der Waals surface area contributed by atoms with Crippen LogP contribution in [0.2, 0.25) is 0 Å². The summed E-state index contributed by atoms with van der Waals surface area (Å²) in [6, 6.07) is 9.86. The number of sulfonamides is 1. The average Bonchev–Trinajstić information content (AvgIpc) is 2.56. The van der Waals surface area contributed by atoms with Gasteiger partial charge in [0.1, 0.15) is 0 Å². The number of carbonyl (C=O) groups is 1. The number of carboxylic acid groups (broad SMARTS) is 1. The molecule has 0 aliphatic heterocycles. The molecule has 0 atom stereocenters. The molecule has 0 aromatic heterocycles. The molecule has 0 spiro atoms. The zero-order chi connectivity index (χ0) is 18.4. The van der Waals surface area contributed by atoms with Crippen LogP contribution in [-0.4, -0.2) is 32.7 Å². The van der Waals surface area contributed by atoms with Crippen LogP contribution in [0.1, 0.15) is 24.2 Å². The van der Waals surface area contributed by atoms with E-state index >= 15 is 0 Å². The van der Waals surface area contributed by atoms with E-state index in [2.05, 4.69) is 4.72 Å². The SMILES string of the molecule is CCOc1ccc(S(=O)(=O)Nc2cccc(C(=O)O)c2)cc1OCC. The van der Waals surface area contributed by atoms with E-state index in [0.717, 1.165) is 0 Å². The number of hydrogen-bond donors (Lipinski definition) is 2. The molecule has 0 bridgehead atoms. The number of nitrogens with one attached hydrogen (secondary N) is 1. The van der Waals surface area contributed by atoms with Gasteiger partial charge in [0.2, 0.25) is 0 Å². The van der Waals surface area contributed by atoms with Crippen molar-refractivity contribution in [2.75, 3.05) is 17.9 Å². The number of aromatic carboxylic acids is 1. The van der Waals surface area contributed by atoms with E-state index in [1.54, 1.807) is 6.92 Å². The summed E-state index contributed by atoms with van der Waals surface area (Å²) < 4.78 is 38.3. The fraction of sp³-hybridized carbons (Fsp3) is 0.235. The molecular weight excluding hydrogens is 346 g/mol. The second-order valence-electron chi connectivity index (χ2n) is 4.97. The van der Waals surface area contributed by atoms with E-state index < -0.39 is 16.0 Å². The molecule has 2 aromatic rings. The lowest BCUT2D eigenvalue weighted by atomic mass is 10.2. The van der Waals surface area contributed by atoms with E-state index in [0.29, 0.717) is 24.7 Å². The van der Waals surface area contributed by atoms with Gasteiger partial charge < -0.3 is 14.6 Å². The maximum atomic E-state index is 12.6. The number of carboxylic acids is 1. The Kier molecular flexibility index (Phi) is 5.87. The third-order valence-electron chi connectivity index (χ3n) is 3.19. The fourth-order valence-electron chi connectivity index (χ4n) is 2.13. The lowest BCUT2D eigenvalue weighted by Crippen LogP contribution is -2.14. The van der Waals surface area contributed by atoms with Crippen molar-refractivity contribution in [1.29, 1.82) is 0 Å². The summed E-state index contributed by atoms with van der Waals surface area (Å²) in [6.07, 6.45) is 0. The van der Waals surface area contributed by atoms with Crippen LogP contribution in [-0.2, 0) is 10.0 Å². The van der Waals surface area contributed by atoms with Crippen molar-refractivity contribution in [2.45, 2.75) is 18.7 Å². The Hall–Kier alpha value is -2.74. The van der Waals surface area contributed by atoms with Crippen LogP contribution in [0.4, 0.5) is 5.69 Å². The largest absolute Gasteiger partial charge is 0.490 e. The average molecular weight is 365 g/mol. The molecule has 7 nitrogen and oxygen atoms in total. The summed E-state index contributed by atoms with van der Waals surface area (Å²) in [6.45, 7) is 4.38. The zero-order valence-electron chi connectivity index (χ0n) is 13.9. The van der Waals surface area contributed by atoms with Crippen molar-refractivity contribution < 1.29 is 27.8 Å². The first-order valence-electron chi connectivity index (χ1n) is 7.63. The lowest BCUT2D eigenvalue weighted by Gasteiger charge is -2.13. The first kappa shape index (κ1) is 18.6. The minimum atomic E-state index is -3.91. The number of benzene rings is 2. The quantitative estimate of drug-likeness (QED) is 0.746. The molecule has 25 heavy (non-hydrogen) atoms. The Labute approximate surface area is 146 Å². The molecular formula is C17H19NO6S. The number of hydrogen-bond acceptors (Lipinski definition) is 5. The normalized spacial score (nSPS) is 11.0. The van der Waals surface area contributed by atoms with Crippen molar-refractivity contribution in [3.05, 3.63) is 48.0 Å². The van der Waals surface area contributed by atoms with Gasteiger partial charge in [-0.25, -0.2) is 13.2 Å². The van der Waals surface area contributed by atoms with Crippen molar-refractivity contribution in [1.82, 2.24) is 0 Å². The van der Waals surface area contributed by atoms with Crippen LogP contribution >= 0.6 is 0 Å². The Balaban J connectivity index is 2.34. The van der Waals surface area contributed by atoms with E-state index in [4.69, 9.17) is 14.6 Å². The van der Waals surface area contributed by atoms with E-state index in [9.17, 15) is 13.2 Å². The Morgan fingerprint density at radius 2 is 1.72 bits per heavy atom. The number of ether oxygens (including phenoxy) is 2. The molecule has 0 saturated carbocycles. The summed E-state index contributed by atoms with van der Waals surface area (Å²) in [5.41, 5.74) is 0.147. The van der Waals surface area contributed by atoms with Gasteiger partial charge in [-0.2, -0.15) is 0 Å². The van der Waals surface area contributed by atoms with Crippen LogP contribution in [0.3, 0.4) is 0 Å². The molecule has 134 valence electrons. The van der Waals surface area contributed by atoms with Crippen molar-refractivity contribution in [3.63, 3.8) is 0 Å². The molecule has 0 radical (unpaired) electrons. The van der Waals surface area contributed by atoms with Crippen LogP contribution in [0.15, 0.2) is 47.4 Å². The van der Waals surface area contributed by atoms with Crippen LogP contribution in [0.25, 0.3) is 0 Å². The maximum Gasteiger partial charge on any atom is 0.335 e. The number of anilines is 1. The summed E-state index contributed by atoms with van der Waals surface area (Å²) >= 11 is 0. The van der Waals surface area contributed by atoms with Gasteiger partial charge in [0.15, 0.2) is 11.5 Å². The minimum absolute atomic E-state index is 0.0121. The third-order valence-corrected chi connectivity index (χ3v) is 4.57. The molecule has 2 N–H and O–H groups in total. The van der Waals surface area contributed by atoms with E-state index in [1.165, 1.54) is 42.5 Å². The fourth-order valence-corrected chi connectivity index (χ4v) is 3.19. The highest BCUT2D eigenvalue weighted by atomic mass is 32.2. The summed E-state index contributed by atoms with van der Waals surface area (Å²) in [5.74, 6) is -0.358. The molecule has 0 heterocycles. The van der Waals surface area contributed by atoms with Crippen LogP contribution in [0, 0.1) is 0 Å². The van der Waals surface area contributed by atoms with Gasteiger partial charge in [-0.05, 0) is 44.2 Å². The highest BCUT2D eigenvalue weighted by molar-refractivity contribution is 7.92. The predicted molar refractivity (Wildman–Crippen MR) is 93.0 cm³/mol. The Morgan fingerprint density at radius 1 is 1.04 bits per heavy atom. The van der Waals surface area contributed by atoms with Crippen LogP contribution < -0.4 is 14.2 Å². The molecule has 2 aromatic carbocycles. The molecule has 0 amide bonds. The van der Waals surface area contributed by atoms with Gasteiger partial charge in [0, 0.05) is 11.8 Å². The first-order valence-corrected chi connectivity index (χ1v) is 9.11. The summed E-state index contributed by atoms with van der Waals surface area (Å²) in [7, 11) is -3.91. The van der Waals surface area contributed by atoms with E-state index in [1.807, 2.05) is 6.92 Å². The van der Waals surface area contributed by atoms with Crippen molar-refractivity contribution in [2.24, 2.45) is 0 Å². The maximum absolute atomic E-state index is 12.6. The van der Waals surface area contributed by atoms with Gasteiger partial charge in [0.25, 0.3) is 10.0 Å². The van der Waals surface area contributed by atoms with Crippen LogP contribution in [0.5, 0.6) is 11.5 Å². The Bertz CT molecular complexity index is 863. The molecule has 0 saturated heterocycles. The molecule has 2 rings (SSSR count). The first-order chi connectivity index (χ1) is 11.9. The second kappa shape index (κ2) is 7.89. The molecule has 0 unspecified atom stereocenters. The lowest BCUT2D eigenvalue weighted by molar-refractivity contribution is 0.0697. The number of rotatable bonds is 8. The Morgan fingerprint density at radius 3 is 2.36 bits per heavy atom. The third kappa shape index (κ3) is 4.63. The molecule has 0 fully saturated rings. The van der Waals surface area contributed by atoms with Gasteiger partial charge >= 0.3 is 5.97 Å². The van der Waals surface area contributed by atoms with Crippen molar-refractivity contribution >= 4 is 21.7 Å². The van der Waals surface area contributed by atoms with Gasteiger partial charge in [0.05, 0.1) is 23.7 Å². The second-order valence-corrected chi connectivity index (χ2v) is 6.65. The molecule has 0 aliphatic rings. The molecule has 0 aliphatic carbocycles. The minimum Gasteiger partial charge on any atom is -0.490 e. The van der Waals surface area contributed by atoms with Gasteiger partial charge in [-0.15, -0.1) is 0 Å². The monoisotopic (exact) mass is 365 g/mol. The highest BCUT2D eigenvalue weighted by Crippen LogP contribution is 2.31. The predicted octanol–water partition coefficient (Wildman–Crippen LogP) is 2.98.